The number of unbranched alkanes of at least 4 members (excludes halogenated alkanes) is 1. The number of anilines is 2. The minimum absolute atomic E-state index is 0.124. The van der Waals surface area contributed by atoms with E-state index < -0.39 is 5.83 Å². The maximum atomic E-state index is 13.6. The number of thioether (sulfide) groups is 2. The average molecular weight is 496 g/mol. The molecule has 3 rings (SSSR count). The number of carbonyl (C=O) groups is 1. The maximum Gasteiger partial charge on any atom is 0.197 e. The summed E-state index contributed by atoms with van der Waals surface area (Å²) in [4.78, 5) is 14.7. The number of aldehydes is 1. The van der Waals surface area contributed by atoms with Crippen LogP contribution < -0.4 is 9.64 Å². The minimum Gasteiger partial charge on any atom is -0.461 e. The molecular weight excluding hydrogens is 464 g/mol. The molecule has 2 aromatic carbocycles. The van der Waals surface area contributed by atoms with Gasteiger partial charge in [0.2, 0.25) is 0 Å². The predicted molar refractivity (Wildman–Crippen MR) is 134 cm³/mol. The Labute approximate surface area is 203 Å². The van der Waals surface area contributed by atoms with Crippen LogP contribution in [0.1, 0.15) is 33.1 Å². The summed E-state index contributed by atoms with van der Waals surface area (Å²) in [7, 11) is 1.00. The molecule has 0 amide bonds. The number of aliphatic hydroxyl groups is 1. The zero-order valence-corrected chi connectivity index (χ0v) is 20.9. The number of hydrogen-bond donors (Lipinski definition) is 1. The molecule has 1 unspecified atom stereocenters. The van der Waals surface area contributed by atoms with Gasteiger partial charge in [-0.1, -0.05) is 26.7 Å². The van der Waals surface area contributed by atoms with Gasteiger partial charge in [0.05, 0.1) is 10.6 Å². The lowest BCUT2D eigenvalue weighted by atomic mass is 10.0. The van der Waals surface area contributed by atoms with Crippen molar-refractivity contribution in [3.8, 4) is 5.75 Å². The molecule has 1 aliphatic rings. The normalized spacial score (nSPS) is 15.8. The van der Waals surface area contributed by atoms with Crippen molar-refractivity contribution in [3.05, 3.63) is 54.3 Å². The largest absolute Gasteiger partial charge is 0.461 e. The third-order valence-corrected chi connectivity index (χ3v) is 7.24. The lowest BCUT2D eigenvalue weighted by Gasteiger charge is -2.28. The van der Waals surface area contributed by atoms with Gasteiger partial charge in [0.25, 0.3) is 0 Å². The standard InChI is InChI=1S/C24H27F2NO2S2.CH4O/c1-3-5-6-17-13-27(20-9-7-18(25)8-10-20)21-11-24(30-4-2)22(12-23(21)31-16-17)29-15-19(26)14-28;1-2/h7-12,14-15,17H,3-6,13,16H2,1-2H3;2H,1H3/b19-15-;. The molecule has 0 saturated heterocycles. The summed E-state index contributed by atoms with van der Waals surface area (Å²) in [6, 6.07) is 10.6. The van der Waals surface area contributed by atoms with E-state index in [1.807, 2.05) is 25.1 Å². The number of hydrogen-bond acceptors (Lipinski definition) is 6. The van der Waals surface area contributed by atoms with Crippen molar-refractivity contribution in [1.82, 2.24) is 0 Å². The van der Waals surface area contributed by atoms with Gasteiger partial charge in [-0.05, 0) is 54.5 Å². The van der Waals surface area contributed by atoms with Crippen molar-refractivity contribution in [1.29, 1.82) is 0 Å². The second-order valence-corrected chi connectivity index (χ2v) is 9.71. The zero-order chi connectivity index (χ0) is 24.2. The molecule has 4 nitrogen and oxygen atoms in total. The third kappa shape index (κ3) is 7.76. The Hall–Kier alpha value is -2.03. The first-order chi connectivity index (χ1) is 16.0. The van der Waals surface area contributed by atoms with Crippen LogP contribution in [0.15, 0.2) is 58.3 Å². The monoisotopic (exact) mass is 495 g/mol. The fourth-order valence-corrected chi connectivity index (χ4v) is 5.46. The van der Waals surface area contributed by atoms with Crippen LogP contribution in [0.2, 0.25) is 0 Å². The molecular formula is C25H31F2NO3S2. The highest BCUT2D eigenvalue weighted by molar-refractivity contribution is 7.99. The Morgan fingerprint density at radius 3 is 2.64 bits per heavy atom. The summed E-state index contributed by atoms with van der Waals surface area (Å²) >= 11 is 3.36. The summed E-state index contributed by atoms with van der Waals surface area (Å²) in [6.07, 6.45) is 4.41. The SMILES string of the molecule is CCCCC1CSc2cc(O/C=C(\F)C=O)c(SCC)cc2N(c2ccc(F)cc2)C1.CO. The van der Waals surface area contributed by atoms with Crippen LogP contribution in [0.4, 0.5) is 20.2 Å². The number of allylic oxidation sites excluding steroid dienone is 1. The van der Waals surface area contributed by atoms with Gasteiger partial charge in [-0.15, -0.1) is 23.5 Å². The van der Waals surface area contributed by atoms with Crippen molar-refractivity contribution in [2.24, 2.45) is 5.92 Å². The third-order valence-electron chi connectivity index (χ3n) is 5.05. The maximum absolute atomic E-state index is 13.6. The summed E-state index contributed by atoms with van der Waals surface area (Å²) in [6.45, 7) is 5.08. The van der Waals surface area contributed by atoms with Crippen LogP contribution in [0.3, 0.4) is 0 Å². The molecule has 33 heavy (non-hydrogen) atoms. The first-order valence-electron chi connectivity index (χ1n) is 10.9. The highest BCUT2D eigenvalue weighted by Crippen LogP contribution is 2.45. The number of ether oxygens (including phenoxy) is 1. The van der Waals surface area contributed by atoms with Crippen LogP contribution in [0, 0.1) is 11.7 Å². The molecule has 0 spiro atoms. The number of nitrogens with zero attached hydrogens (tertiary/aromatic N) is 1. The van der Waals surface area contributed by atoms with E-state index in [9.17, 15) is 13.6 Å². The van der Waals surface area contributed by atoms with E-state index in [-0.39, 0.29) is 12.1 Å². The second-order valence-electron chi connectivity index (χ2n) is 7.34. The Morgan fingerprint density at radius 2 is 2.00 bits per heavy atom. The Kier molecular flexibility index (Phi) is 11.8. The molecule has 0 fully saturated rings. The number of aliphatic hydroxyl groups excluding tert-OH is 1. The minimum atomic E-state index is -0.956. The van der Waals surface area contributed by atoms with E-state index >= 15 is 0 Å². The van der Waals surface area contributed by atoms with Gasteiger partial charge in [-0.2, -0.15) is 4.39 Å². The highest BCUT2D eigenvalue weighted by Gasteiger charge is 2.25. The van der Waals surface area contributed by atoms with E-state index in [1.54, 1.807) is 23.5 Å². The molecule has 180 valence electrons. The van der Waals surface area contributed by atoms with Crippen molar-refractivity contribution >= 4 is 41.2 Å². The molecule has 1 heterocycles. The number of halogens is 2. The van der Waals surface area contributed by atoms with Gasteiger partial charge < -0.3 is 14.7 Å². The second kappa shape index (κ2) is 14.3. The lowest BCUT2D eigenvalue weighted by Crippen LogP contribution is -2.25. The van der Waals surface area contributed by atoms with Crippen molar-refractivity contribution < 1.29 is 23.4 Å². The van der Waals surface area contributed by atoms with E-state index in [0.717, 1.165) is 65.4 Å². The zero-order valence-electron chi connectivity index (χ0n) is 19.2. The molecule has 1 N–H and O–H groups in total. The molecule has 0 saturated carbocycles. The van der Waals surface area contributed by atoms with Crippen LogP contribution >= 0.6 is 23.5 Å². The molecule has 8 heteroatoms. The number of carbonyl (C=O) groups excluding carboxylic acids is 1. The quantitative estimate of drug-likeness (QED) is 0.175. The van der Waals surface area contributed by atoms with Crippen LogP contribution in [0.25, 0.3) is 0 Å². The molecule has 1 aliphatic heterocycles. The van der Waals surface area contributed by atoms with Crippen molar-refractivity contribution in [2.45, 2.75) is 42.9 Å². The van der Waals surface area contributed by atoms with Crippen LogP contribution in [-0.4, -0.2) is 36.6 Å². The fourth-order valence-electron chi connectivity index (χ4n) is 3.51. The number of fused-ring (bicyclic) bond motifs is 1. The highest BCUT2D eigenvalue weighted by atomic mass is 32.2. The molecule has 0 aromatic heterocycles. The van der Waals surface area contributed by atoms with Gasteiger partial charge in [-0.3, -0.25) is 4.79 Å². The smallest absolute Gasteiger partial charge is 0.197 e. The number of benzene rings is 2. The van der Waals surface area contributed by atoms with Crippen LogP contribution in [-0.2, 0) is 4.79 Å². The van der Waals surface area contributed by atoms with Crippen LogP contribution in [0.5, 0.6) is 5.75 Å². The Morgan fingerprint density at radius 1 is 1.27 bits per heavy atom. The summed E-state index contributed by atoms with van der Waals surface area (Å²) in [5.74, 6) is 1.58. The van der Waals surface area contributed by atoms with E-state index in [2.05, 4.69) is 17.9 Å². The predicted octanol–water partition coefficient (Wildman–Crippen LogP) is 6.99. The summed E-state index contributed by atoms with van der Waals surface area (Å²) in [5, 5.41) is 7.00. The molecule has 0 bridgehead atoms. The van der Waals surface area contributed by atoms with Gasteiger partial charge in [-0.25, -0.2) is 4.39 Å². The van der Waals surface area contributed by atoms with Gasteiger partial charge in [0, 0.05) is 30.0 Å². The van der Waals surface area contributed by atoms with Gasteiger partial charge in [0.15, 0.2) is 12.1 Å². The van der Waals surface area contributed by atoms with Crippen molar-refractivity contribution in [3.63, 3.8) is 0 Å². The molecule has 0 aliphatic carbocycles. The topological polar surface area (TPSA) is 49.8 Å². The van der Waals surface area contributed by atoms with E-state index in [0.29, 0.717) is 11.7 Å². The molecule has 1 atom stereocenters. The lowest BCUT2D eigenvalue weighted by molar-refractivity contribution is -0.106. The first kappa shape index (κ1) is 27.2. The van der Waals surface area contributed by atoms with E-state index in [1.165, 1.54) is 18.6 Å². The fraction of sp³-hybridized carbons (Fsp3) is 0.400. The first-order valence-corrected chi connectivity index (χ1v) is 12.9. The molecule has 0 radical (unpaired) electrons. The van der Waals surface area contributed by atoms with Crippen molar-refractivity contribution in [2.75, 3.05) is 30.1 Å². The Balaban J connectivity index is 0.00000187. The number of rotatable bonds is 9. The average Bonchev–Trinajstić information content (AvgIpc) is 3.02. The van der Waals surface area contributed by atoms with Gasteiger partial charge >= 0.3 is 0 Å². The Bertz CT molecular complexity index is 923. The summed E-state index contributed by atoms with van der Waals surface area (Å²) < 4.78 is 32.4. The van der Waals surface area contributed by atoms with E-state index in [4.69, 9.17) is 9.84 Å². The summed E-state index contributed by atoms with van der Waals surface area (Å²) in [5.41, 5.74) is 1.98. The van der Waals surface area contributed by atoms with Gasteiger partial charge in [0.1, 0.15) is 17.8 Å². The molecule has 2 aromatic rings.